The molecule has 2 rings (SSSR count). The monoisotopic (exact) mass is 300 g/mol. The van der Waals surface area contributed by atoms with Crippen LogP contribution in [0.15, 0.2) is 48.5 Å². The van der Waals surface area contributed by atoms with Gasteiger partial charge in [-0.2, -0.15) is 0 Å². The first-order valence-electron chi connectivity index (χ1n) is 6.80. The van der Waals surface area contributed by atoms with Crippen molar-refractivity contribution in [2.75, 3.05) is 7.11 Å². The Morgan fingerprint density at radius 1 is 0.955 bits per heavy atom. The van der Waals surface area contributed by atoms with Gasteiger partial charge in [-0.15, -0.1) is 0 Å². The Morgan fingerprint density at radius 2 is 1.64 bits per heavy atom. The summed E-state index contributed by atoms with van der Waals surface area (Å²) in [6, 6.07) is 13.4. The van der Waals surface area contributed by atoms with Gasteiger partial charge in [0.15, 0.2) is 0 Å². The van der Waals surface area contributed by atoms with Crippen molar-refractivity contribution in [1.29, 1.82) is 0 Å². The van der Waals surface area contributed by atoms with E-state index >= 15 is 0 Å². The number of methoxy groups -OCH3 is 1. The smallest absolute Gasteiger partial charge is 0.465 e. The van der Waals surface area contributed by atoms with E-state index in [1.54, 1.807) is 24.3 Å². The third-order valence-electron chi connectivity index (χ3n) is 3.02. The molecule has 0 saturated heterocycles. The van der Waals surface area contributed by atoms with Crippen LogP contribution in [-0.4, -0.2) is 19.2 Å². The van der Waals surface area contributed by atoms with Gasteiger partial charge in [0, 0.05) is 0 Å². The number of esters is 1. The maximum absolute atomic E-state index is 11.8. The molecule has 5 heteroatoms. The standard InChI is InChI=1S/C17H16O5/c1-3-12-8-10-13(11-9-12)21-17(19)22-15-7-5-4-6-14(15)16(18)20-2/h4-11H,3H2,1-2H3. The second-order valence-electron chi connectivity index (χ2n) is 4.44. The molecular weight excluding hydrogens is 284 g/mol. The first-order valence-corrected chi connectivity index (χ1v) is 6.80. The molecule has 0 aromatic heterocycles. The lowest BCUT2D eigenvalue weighted by atomic mass is 10.2. The Kier molecular flexibility index (Phi) is 5.14. The lowest BCUT2D eigenvalue weighted by Crippen LogP contribution is -2.16. The van der Waals surface area contributed by atoms with Gasteiger partial charge in [-0.3, -0.25) is 0 Å². The topological polar surface area (TPSA) is 61.8 Å². The predicted octanol–water partition coefficient (Wildman–Crippen LogP) is 3.61. The summed E-state index contributed by atoms with van der Waals surface area (Å²) in [6.45, 7) is 2.04. The quantitative estimate of drug-likeness (QED) is 0.637. The summed E-state index contributed by atoms with van der Waals surface area (Å²) < 4.78 is 14.8. The SMILES string of the molecule is CCc1ccc(OC(=O)Oc2ccccc2C(=O)OC)cc1. The number of hydrogen-bond donors (Lipinski definition) is 0. The van der Waals surface area contributed by atoms with E-state index in [1.165, 1.54) is 19.2 Å². The highest BCUT2D eigenvalue weighted by molar-refractivity contribution is 5.93. The molecular formula is C17H16O5. The average molecular weight is 300 g/mol. The van der Waals surface area contributed by atoms with Gasteiger partial charge in [0.25, 0.3) is 0 Å². The van der Waals surface area contributed by atoms with Gasteiger partial charge in [-0.05, 0) is 36.2 Å². The number of ether oxygens (including phenoxy) is 3. The van der Waals surface area contributed by atoms with Gasteiger partial charge in [0.2, 0.25) is 0 Å². The molecule has 0 spiro atoms. The molecule has 2 aromatic carbocycles. The van der Waals surface area contributed by atoms with Gasteiger partial charge in [0.1, 0.15) is 17.1 Å². The van der Waals surface area contributed by atoms with Crippen LogP contribution >= 0.6 is 0 Å². The molecule has 0 fully saturated rings. The van der Waals surface area contributed by atoms with Crippen LogP contribution in [0.2, 0.25) is 0 Å². The Hall–Kier alpha value is -2.82. The summed E-state index contributed by atoms with van der Waals surface area (Å²) in [5.74, 6) is -0.127. The average Bonchev–Trinajstić information content (AvgIpc) is 2.55. The number of para-hydroxylation sites is 1. The molecule has 114 valence electrons. The minimum atomic E-state index is -0.916. The van der Waals surface area contributed by atoms with E-state index in [0.29, 0.717) is 5.75 Å². The fourth-order valence-electron chi connectivity index (χ4n) is 1.83. The number of carbonyl (C=O) groups excluding carboxylic acids is 2. The number of aryl methyl sites for hydroxylation is 1. The zero-order valence-electron chi connectivity index (χ0n) is 12.4. The molecule has 0 aliphatic carbocycles. The van der Waals surface area contributed by atoms with E-state index in [1.807, 2.05) is 19.1 Å². The van der Waals surface area contributed by atoms with Crippen molar-refractivity contribution in [2.45, 2.75) is 13.3 Å². The molecule has 0 atom stereocenters. The second-order valence-corrected chi connectivity index (χ2v) is 4.44. The van der Waals surface area contributed by atoms with Crippen LogP contribution in [0, 0.1) is 0 Å². The lowest BCUT2D eigenvalue weighted by Gasteiger charge is -2.09. The molecule has 0 N–H and O–H groups in total. The van der Waals surface area contributed by atoms with Crippen LogP contribution in [-0.2, 0) is 11.2 Å². The van der Waals surface area contributed by atoms with Gasteiger partial charge >= 0.3 is 12.1 Å². The van der Waals surface area contributed by atoms with E-state index in [0.717, 1.165) is 12.0 Å². The lowest BCUT2D eigenvalue weighted by molar-refractivity contribution is 0.0597. The van der Waals surface area contributed by atoms with Crippen LogP contribution in [0.25, 0.3) is 0 Å². The summed E-state index contributed by atoms with van der Waals surface area (Å²) in [5, 5.41) is 0. The van der Waals surface area contributed by atoms with Crippen LogP contribution in [0.1, 0.15) is 22.8 Å². The van der Waals surface area contributed by atoms with E-state index in [-0.39, 0.29) is 11.3 Å². The number of hydrogen-bond acceptors (Lipinski definition) is 5. The summed E-state index contributed by atoms with van der Waals surface area (Å²) in [7, 11) is 1.26. The minimum absolute atomic E-state index is 0.0875. The van der Waals surface area contributed by atoms with Crippen molar-refractivity contribution in [3.05, 3.63) is 59.7 Å². The third-order valence-corrected chi connectivity index (χ3v) is 3.02. The first-order chi connectivity index (χ1) is 10.6. The zero-order chi connectivity index (χ0) is 15.9. The van der Waals surface area contributed by atoms with E-state index in [2.05, 4.69) is 4.74 Å². The van der Waals surface area contributed by atoms with Gasteiger partial charge in [-0.25, -0.2) is 9.59 Å². The molecule has 0 amide bonds. The third kappa shape index (κ3) is 3.85. The zero-order valence-corrected chi connectivity index (χ0v) is 12.4. The van der Waals surface area contributed by atoms with E-state index in [9.17, 15) is 9.59 Å². The summed E-state index contributed by atoms with van der Waals surface area (Å²) >= 11 is 0. The van der Waals surface area contributed by atoms with Crippen LogP contribution < -0.4 is 9.47 Å². The van der Waals surface area contributed by atoms with Crippen LogP contribution in [0.4, 0.5) is 4.79 Å². The van der Waals surface area contributed by atoms with E-state index < -0.39 is 12.1 Å². The highest BCUT2D eigenvalue weighted by atomic mass is 16.7. The molecule has 0 aliphatic heterocycles. The highest BCUT2D eigenvalue weighted by Gasteiger charge is 2.16. The van der Waals surface area contributed by atoms with Gasteiger partial charge in [-0.1, -0.05) is 31.2 Å². The molecule has 0 unspecified atom stereocenters. The molecule has 0 aliphatic rings. The Morgan fingerprint density at radius 3 is 2.27 bits per heavy atom. The summed E-state index contributed by atoms with van der Waals surface area (Å²) in [6.07, 6.45) is -0.0161. The largest absolute Gasteiger partial charge is 0.519 e. The fraction of sp³-hybridized carbons (Fsp3) is 0.176. The van der Waals surface area contributed by atoms with Gasteiger partial charge in [0.05, 0.1) is 7.11 Å². The first kappa shape index (κ1) is 15.6. The van der Waals surface area contributed by atoms with Crippen molar-refractivity contribution in [3.63, 3.8) is 0 Å². The molecule has 0 radical (unpaired) electrons. The fourth-order valence-corrected chi connectivity index (χ4v) is 1.83. The maximum Gasteiger partial charge on any atom is 0.519 e. The molecule has 2 aromatic rings. The maximum atomic E-state index is 11.8. The number of benzene rings is 2. The van der Waals surface area contributed by atoms with Crippen molar-refractivity contribution in [1.82, 2.24) is 0 Å². The molecule has 22 heavy (non-hydrogen) atoms. The van der Waals surface area contributed by atoms with Crippen molar-refractivity contribution in [2.24, 2.45) is 0 Å². The molecule has 0 heterocycles. The van der Waals surface area contributed by atoms with Crippen molar-refractivity contribution in [3.8, 4) is 11.5 Å². The Labute approximate surface area is 128 Å². The van der Waals surface area contributed by atoms with Gasteiger partial charge < -0.3 is 14.2 Å². The van der Waals surface area contributed by atoms with Crippen molar-refractivity contribution < 1.29 is 23.8 Å². The predicted molar refractivity (Wildman–Crippen MR) is 80.3 cm³/mol. The molecule has 0 saturated carbocycles. The minimum Gasteiger partial charge on any atom is -0.465 e. The van der Waals surface area contributed by atoms with Crippen LogP contribution in [0.5, 0.6) is 11.5 Å². The number of carbonyl (C=O) groups is 2. The normalized spacial score (nSPS) is 9.91. The number of rotatable bonds is 4. The van der Waals surface area contributed by atoms with Crippen LogP contribution in [0.3, 0.4) is 0 Å². The Bertz CT molecular complexity index is 661. The summed E-state index contributed by atoms with van der Waals surface area (Å²) in [4.78, 5) is 23.4. The second kappa shape index (κ2) is 7.26. The molecule has 0 bridgehead atoms. The van der Waals surface area contributed by atoms with Crippen molar-refractivity contribution >= 4 is 12.1 Å². The van der Waals surface area contributed by atoms with E-state index in [4.69, 9.17) is 9.47 Å². The Balaban J connectivity index is 2.07. The highest BCUT2D eigenvalue weighted by Crippen LogP contribution is 2.20. The molecule has 5 nitrogen and oxygen atoms in total. The summed E-state index contributed by atoms with van der Waals surface area (Å²) in [5.41, 5.74) is 1.29.